The van der Waals surface area contributed by atoms with Gasteiger partial charge in [0.25, 0.3) is 0 Å². The summed E-state index contributed by atoms with van der Waals surface area (Å²) in [7, 11) is 0. The molecule has 0 radical (unpaired) electrons. The molecular formula is C19H22F3NO3. The summed E-state index contributed by atoms with van der Waals surface area (Å²) in [5, 5.41) is 0. The molecule has 1 heterocycles. The summed E-state index contributed by atoms with van der Waals surface area (Å²) in [6, 6.07) is 8.51. The molecule has 1 saturated heterocycles. The molecule has 2 rings (SSSR count). The van der Waals surface area contributed by atoms with Crippen molar-refractivity contribution in [3.05, 3.63) is 48.6 Å². The molecule has 0 bridgehead atoms. The summed E-state index contributed by atoms with van der Waals surface area (Å²) in [5.74, 6) is -4.07. The molecule has 142 valence electrons. The van der Waals surface area contributed by atoms with Gasteiger partial charge < -0.3 is 4.74 Å². The number of hydrogen-bond donors (Lipinski definition) is 0. The molecule has 7 heteroatoms. The van der Waals surface area contributed by atoms with Crippen molar-refractivity contribution in [2.24, 2.45) is 11.8 Å². The van der Waals surface area contributed by atoms with Crippen LogP contribution in [0.25, 0.3) is 0 Å². The van der Waals surface area contributed by atoms with Gasteiger partial charge in [-0.2, -0.15) is 13.2 Å². The number of nitrogens with zero attached hydrogens (tertiary/aromatic N) is 1. The average Bonchev–Trinajstić information content (AvgIpc) is 2.94. The smallest absolute Gasteiger partial charge is 0.416 e. The lowest BCUT2D eigenvalue weighted by molar-refractivity contribution is -0.194. The SMILES string of the molecule is C=CC[C@H](C(=O)N1C(=O)OC[C@@H]1Cc1ccccc1)[C@@H](CC)C(F)(F)F. The van der Waals surface area contributed by atoms with Crippen LogP contribution in [0.4, 0.5) is 18.0 Å². The Kier molecular flexibility index (Phi) is 6.45. The molecule has 4 nitrogen and oxygen atoms in total. The summed E-state index contributed by atoms with van der Waals surface area (Å²) >= 11 is 0. The predicted molar refractivity (Wildman–Crippen MR) is 90.3 cm³/mol. The first-order valence-corrected chi connectivity index (χ1v) is 8.50. The van der Waals surface area contributed by atoms with E-state index < -0.39 is 36.1 Å². The van der Waals surface area contributed by atoms with Crippen LogP contribution in [0.15, 0.2) is 43.0 Å². The molecule has 0 unspecified atom stereocenters. The first kappa shape index (κ1) is 20.0. The first-order chi connectivity index (χ1) is 12.3. The highest BCUT2D eigenvalue weighted by atomic mass is 19.4. The number of hydrogen-bond acceptors (Lipinski definition) is 3. The normalized spacial score (nSPS) is 19.8. The second-order valence-electron chi connectivity index (χ2n) is 6.32. The Morgan fingerprint density at radius 3 is 2.58 bits per heavy atom. The minimum Gasteiger partial charge on any atom is -0.447 e. The molecule has 0 aromatic heterocycles. The van der Waals surface area contributed by atoms with E-state index in [0.717, 1.165) is 10.5 Å². The molecule has 3 atom stereocenters. The standard InChI is InChI=1S/C19H22F3NO3/c1-3-8-15(16(4-2)19(20,21)22)17(24)23-14(12-26-18(23)25)11-13-9-6-5-7-10-13/h3,5-7,9-10,14-16H,1,4,8,11-12H2,2H3/t14-,15-,16+/m0/s1. The Balaban J connectivity index is 2.26. The monoisotopic (exact) mass is 369 g/mol. The van der Waals surface area contributed by atoms with Gasteiger partial charge in [0, 0.05) is 0 Å². The Hall–Kier alpha value is -2.31. The minimum absolute atomic E-state index is 0.0247. The molecule has 0 saturated carbocycles. The van der Waals surface area contributed by atoms with Crippen LogP contribution in [0.1, 0.15) is 25.3 Å². The van der Waals surface area contributed by atoms with E-state index in [0.29, 0.717) is 6.42 Å². The maximum absolute atomic E-state index is 13.4. The van der Waals surface area contributed by atoms with Crippen molar-refractivity contribution in [2.75, 3.05) is 6.61 Å². The summed E-state index contributed by atoms with van der Waals surface area (Å²) < 4.78 is 45.0. The third kappa shape index (κ3) is 4.45. The van der Waals surface area contributed by atoms with Crippen LogP contribution in [0.2, 0.25) is 0 Å². The topological polar surface area (TPSA) is 46.6 Å². The zero-order chi connectivity index (χ0) is 19.3. The van der Waals surface area contributed by atoms with Gasteiger partial charge in [0.1, 0.15) is 6.61 Å². The lowest BCUT2D eigenvalue weighted by Gasteiger charge is -2.30. The fraction of sp³-hybridized carbons (Fsp3) is 0.474. The van der Waals surface area contributed by atoms with E-state index in [2.05, 4.69) is 6.58 Å². The van der Waals surface area contributed by atoms with Gasteiger partial charge in [-0.15, -0.1) is 6.58 Å². The van der Waals surface area contributed by atoms with Crippen LogP contribution in [-0.4, -0.2) is 35.7 Å². The van der Waals surface area contributed by atoms with Crippen LogP contribution < -0.4 is 0 Å². The third-order valence-corrected chi connectivity index (χ3v) is 4.60. The summed E-state index contributed by atoms with van der Waals surface area (Å²) in [6.45, 7) is 4.82. The van der Waals surface area contributed by atoms with E-state index in [1.54, 1.807) is 0 Å². The lowest BCUT2D eigenvalue weighted by atomic mass is 9.85. The molecule has 2 amide bonds. The van der Waals surface area contributed by atoms with Crippen molar-refractivity contribution >= 4 is 12.0 Å². The van der Waals surface area contributed by atoms with E-state index in [9.17, 15) is 22.8 Å². The highest BCUT2D eigenvalue weighted by molar-refractivity contribution is 5.95. The number of rotatable bonds is 7. The average molecular weight is 369 g/mol. The van der Waals surface area contributed by atoms with Gasteiger partial charge >= 0.3 is 12.3 Å². The third-order valence-electron chi connectivity index (χ3n) is 4.60. The summed E-state index contributed by atoms with van der Waals surface area (Å²) in [4.78, 5) is 25.8. The fourth-order valence-electron chi connectivity index (χ4n) is 3.31. The molecule has 26 heavy (non-hydrogen) atoms. The second-order valence-corrected chi connectivity index (χ2v) is 6.32. The number of imide groups is 1. The number of cyclic esters (lactones) is 1. The zero-order valence-corrected chi connectivity index (χ0v) is 14.5. The highest BCUT2D eigenvalue weighted by Gasteiger charge is 2.49. The number of halogens is 3. The number of allylic oxidation sites excluding steroid dienone is 1. The lowest BCUT2D eigenvalue weighted by Crippen LogP contribution is -2.47. The van der Waals surface area contributed by atoms with E-state index in [-0.39, 0.29) is 19.4 Å². The van der Waals surface area contributed by atoms with Crippen molar-refractivity contribution in [3.63, 3.8) is 0 Å². The van der Waals surface area contributed by atoms with Crippen LogP contribution >= 0.6 is 0 Å². The van der Waals surface area contributed by atoms with E-state index in [1.807, 2.05) is 30.3 Å². The molecule has 1 aromatic carbocycles. The van der Waals surface area contributed by atoms with Crippen molar-refractivity contribution in [3.8, 4) is 0 Å². The van der Waals surface area contributed by atoms with Gasteiger partial charge in [0.15, 0.2) is 0 Å². The van der Waals surface area contributed by atoms with Gasteiger partial charge in [-0.25, -0.2) is 9.69 Å². The van der Waals surface area contributed by atoms with Crippen LogP contribution in [0.5, 0.6) is 0 Å². The van der Waals surface area contributed by atoms with Crippen LogP contribution in [0.3, 0.4) is 0 Å². The van der Waals surface area contributed by atoms with Crippen molar-refractivity contribution in [1.29, 1.82) is 0 Å². The highest BCUT2D eigenvalue weighted by Crippen LogP contribution is 2.38. The Morgan fingerprint density at radius 1 is 1.38 bits per heavy atom. The molecule has 0 spiro atoms. The molecule has 0 aliphatic carbocycles. The first-order valence-electron chi connectivity index (χ1n) is 8.50. The van der Waals surface area contributed by atoms with Gasteiger partial charge in [0.05, 0.1) is 17.9 Å². The maximum atomic E-state index is 13.4. The predicted octanol–water partition coefficient (Wildman–Crippen LogP) is 4.36. The fourth-order valence-corrected chi connectivity index (χ4v) is 3.31. The van der Waals surface area contributed by atoms with E-state index in [4.69, 9.17) is 4.74 Å². The Bertz CT molecular complexity index is 645. The molecule has 1 aromatic rings. The van der Waals surface area contributed by atoms with Crippen molar-refractivity contribution in [2.45, 2.75) is 38.4 Å². The van der Waals surface area contributed by atoms with Crippen molar-refractivity contribution in [1.82, 2.24) is 4.90 Å². The van der Waals surface area contributed by atoms with Gasteiger partial charge in [-0.05, 0) is 24.8 Å². The molecular weight excluding hydrogens is 347 g/mol. The minimum atomic E-state index is -4.53. The molecule has 1 fully saturated rings. The number of ether oxygens (including phenoxy) is 1. The van der Waals surface area contributed by atoms with Gasteiger partial charge in [0.2, 0.25) is 5.91 Å². The van der Waals surface area contributed by atoms with E-state index >= 15 is 0 Å². The number of benzene rings is 1. The second kappa shape index (κ2) is 8.38. The summed E-state index contributed by atoms with van der Waals surface area (Å²) in [6.07, 6.45) is -4.20. The number of carbonyl (C=O) groups is 2. The Morgan fingerprint density at radius 2 is 2.04 bits per heavy atom. The quantitative estimate of drug-likeness (QED) is 0.671. The van der Waals surface area contributed by atoms with E-state index in [1.165, 1.54) is 13.0 Å². The Labute approximate surface area is 150 Å². The summed E-state index contributed by atoms with van der Waals surface area (Å²) in [5.41, 5.74) is 0.872. The number of amides is 2. The van der Waals surface area contributed by atoms with Crippen LogP contribution in [-0.2, 0) is 16.0 Å². The molecule has 0 N–H and O–H groups in total. The van der Waals surface area contributed by atoms with Crippen LogP contribution in [0, 0.1) is 11.8 Å². The van der Waals surface area contributed by atoms with Gasteiger partial charge in [-0.1, -0.05) is 43.3 Å². The largest absolute Gasteiger partial charge is 0.447 e. The number of alkyl halides is 3. The maximum Gasteiger partial charge on any atom is 0.416 e. The molecule has 1 aliphatic rings. The molecule has 1 aliphatic heterocycles. The zero-order valence-electron chi connectivity index (χ0n) is 14.5. The number of carbonyl (C=O) groups excluding carboxylic acids is 2. The van der Waals surface area contributed by atoms with Crippen molar-refractivity contribution < 1.29 is 27.5 Å². The van der Waals surface area contributed by atoms with Gasteiger partial charge in [-0.3, -0.25) is 4.79 Å².